The topological polar surface area (TPSA) is 70.6 Å². The maximum absolute atomic E-state index is 11.7. The van der Waals surface area contributed by atoms with Gasteiger partial charge < -0.3 is 10.6 Å². The molecule has 1 aromatic rings. The monoisotopic (exact) mass is 507 g/mol. The SMILES string of the molecule is CCNC(=NCc1ccc(S(C)(=O)=O)c(C)c1)NCCCC1CCCC1.I. The summed E-state index contributed by atoms with van der Waals surface area (Å²) in [5.74, 6) is 1.75. The van der Waals surface area contributed by atoms with Crippen LogP contribution in [0.1, 0.15) is 56.6 Å². The molecule has 0 heterocycles. The maximum atomic E-state index is 11.7. The number of hydrogen-bond donors (Lipinski definition) is 2. The van der Waals surface area contributed by atoms with Gasteiger partial charge in [-0.25, -0.2) is 13.4 Å². The number of halogens is 1. The molecule has 5 nitrogen and oxygen atoms in total. The second-order valence-electron chi connectivity index (χ2n) is 7.29. The molecule has 0 aliphatic heterocycles. The van der Waals surface area contributed by atoms with Crippen LogP contribution in [0, 0.1) is 12.8 Å². The predicted molar refractivity (Wildman–Crippen MR) is 124 cm³/mol. The van der Waals surface area contributed by atoms with Gasteiger partial charge in [0.1, 0.15) is 0 Å². The summed E-state index contributed by atoms with van der Waals surface area (Å²) in [6.07, 6.45) is 9.33. The van der Waals surface area contributed by atoms with Crippen LogP contribution in [-0.2, 0) is 16.4 Å². The van der Waals surface area contributed by atoms with Gasteiger partial charge in [0.15, 0.2) is 15.8 Å². The highest BCUT2D eigenvalue weighted by Crippen LogP contribution is 2.28. The summed E-state index contributed by atoms with van der Waals surface area (Å²) in [6, 6.07) is 5.43. The van der Waals surface area contributed by atoms with E-state index in [0.29, 0.717) is 11.4 Å². The van der Waals surface area contributed by atoms with Crippen LogP contribution in [0.4, 0.5) is 0 Å². The molecule has 27 heavy (non-hydrogen) atoms. The molecule has 0 unspecified atom stereocenters. The number of aryl methyl sites for hydroxylation is 1. The first-order valence-electron chi connectivity index (χ1n) is 9.72. The summed E-state index contributed by atoms with van der Waals surface area (Å²) >= 11 is 0. The molecule has 0 radical (unpaired) electrons. The van der Waals surface area contributed by atoms with Crippen LogP contribution in [0.25, 0.3) is 0 Å². The fraction of sp³-hybridized carbons (Fsp3) is 0.650. The molecule has 0 aromatic heterocycles. The molecule has 1 saturated carbocycles. The van der Waals surface area contributed by atoms with Gasteiger partial charge in [-0.1, -0.05) is 37.8 Å². The molecule has 0 amide bonds. The number of rotatable bonds is 8. The first-order chi connectivity index (χ1) is 12.4. The fourth-order valence-electron chi connectivity index (χ4n) is 3.63. The zero-order valence-electron chi connectivity index (χ0n) is 16.8. The second-order valence-corrected chi connectivity index (χ2v) is 9.27. The summed E-state index contributed by atoms with van der Waals surface area (Å²) in [6.45, 7) is 6.18. The highest BCUT2D eigenvalue weighted by Gasteiger charge is 2.14. The van der Waals surface area contributed by atoms with Gasteiger partial charge in [0.2, 0.25) is 0 Å². The van der Waals surface area contributed by atoms with E-state index in [2.05, 4.69) is 22.5 Å². The van der Waals surface area contributed by atoms with E-state index >= 15 is 0 Å². The maximum Gasteiger partial charge on any atom is 0.191 e. The molecular formula is C20H34IN3O2S. The Labute approximate surface area is 181 Å². The van der Waals surface area contributed by atoms with Gasteiger partial charge >= 0.3 is 0 Å². The van der Waals surface area contributed by atoms with Crippen LogP contribution in [0.5, 0.6) is 0 Å². The van der Waals surface area contributed by atoms with E-state index in [1.54, 1.807) is 6.07 Å². The van der Waals surface area contributed by atoms with Gasteiger partial charge in [0, 0.05) is 19.3 Å². The summed E-state index contributed by atoms with van der Waals surface area (Å²) < 4.78 is 23.4. The molecule has 1 aliphatic rings. The lowest BCUT2D eigenvalue weighted by Gasteiger charge is -2.13. The fourth-order valence-corrected chi connectivity index (χ4v) is 4.59. The Morgan fingerprint density at radius 1 is 1.22 bits per heavy atom. The van der Waals surface area contributed by atoms with Gasteiger partial charge in [-0.05, 0) is 49.8 Å². The van der Waals surface area contributed by atoms with E-state index in [4.69, 9.17) is 0 Å². The standard InChI is InChI=1S/C20H33N3O2S.HI/c1-4-21-20(22-13-7-10-17-8-5-6-9-17)23-15-18-11-12-19(16(2)14-18)26(3,24)25;/h11-12,14,17H,4-10,13,15H2,1-3H3,(H2,21,22,23);1H. The van der Waals surface area contributed by atoms with E-state index in [1.165, 1.54) is 44.8 Å². The zero-order chi connectivity index (χ0) is 19.0. The summed E-state index contributed by atoms with van der Waals surface area (Å²) in [4.78, 5) is 5.02. The van der Waals surface area contributed by atoms with E-state index in [0.717, 1.165) is 36.1 Å². The number of aliphatic imine (C=N–C) groups is 1. The number of guanidine groups is 1. The molecule has 2 rings (SSSR count). The first-order valence-corrected chi connectivity index (χ1v) is 11.6. The van der Waals surface area contributed by atoms with E-state index in [9.17, 15) is 8.42 Å². The van der Waals surface area contributed by atoms with Crippen LogP contribution in [-0.4, -0.2) is 33.7 Å². The van der Waals surface area contributed by atoms with Crippen molar-refractivity contribution in [3.8, 4) is 0 Å². The van der Waals surface area contributed by atoms with Crippen molar-refractivity contribution < 1.29 is 8.42 Å². The minimum absolute atomic E-state index is 0. The molecule has 2 N–H and O–H groups in total. The Kier molecular flexibility index (Phi) is 10.7. The molecule has 0 spiro atoms. The minimum Gasteiger partial charge on any atom is -0.357 e. The normalized spacial score (nSPS) is 15.4. The molecule has 154 valence electrons. The summed E-state index contributed by atoms with van der Waals surface area (Å²) in [7, 11) is -3.17. The lowest BCUT2D eigenvalue weighted by molar-refractivity contribution is 0.481. The molecule has 1 aromatic carbocycles. The quantitative estimate of drug-likeness (QED) is 0.241. The number of sulfone groups is 1. The van der Waals surface area contributed by atoms with Gasteiger partial charge in [-0.15, -0.1) is 24.0 Å². The van der Waals surface area contributed by atoms with E-state index in [-0.39, 0.29) is 24.0 Å². The number of benzene rings is 1. The van der Waals surface area contributed by atoms with Gasteiger partial charge in [-0.2, -0.15) is 0 Å². The Morgan fingerprint density at radius 3 is 2.52 bits per heavy atom. The Bertz CT molecular complexity index is 714. The zero-order valence-corrected chi connectivity index (χ0v) is 19.9. The molecule has 7 heteroatoms. The van der Waals surface area contributed by atoms with Crippen molar-refractivity contribution in [3.63, 3.8) is 0 Å². The predicted octanol–water partition coefficient (Wildman–Crippen LogP) is 4.04. The van der Waals surface area contributed by atoms with Crippen LogP contribution in [0.15, 0.2) is 28.1 Å². The van der Waals surface area contributed by atoms with Crippen molar-refractivity contribution >= 4 is 39.8 Å². The molecular weight excluding hydrogens is 473 g/mol. The largest absolute Gasteiger partial charge is 0.357 e. The average Bonchev–Trinajstić information content (AvgIpc) is 3.08. The second kappa shape index (κ2) is 11.9. The van der Waals surface area contributed by atoms with Crippen LogP contribution < -0.4 is 10.6 Å². The third-order valence-corrected chi connectivity index (χ3v) is 6.22. The van der Waals surface area contributed by atoms with Crippen molar-refractivity contribution in [2.45, 2.75) is 63.8 Å². The average molecular weight is 507 g/mol. The third-order valence-electron chi connectivity index (χ3n) is 4.96. The summed E-state index contributed by atoms with van der Waals surface area (Å²) in [5, 5.41) is 6.68. The van der Waals surface area contributed by atoms with Crippen molar-refractivity contribution in [2.75, 3.05) is 19.3 Å². The third kappa shape index (κ3) is 8.37. The van der Waals surface area contributed by atoms with Gasteiger partial charge in [-0.3, -0.25) is 0 Å². The molecule has 1 aliphatic carbocycles. The minimum atomic E-state index is -3.17. The van der Waals surface area contributed by atoms with Crippen LogP contribution in [0.3, 0.4) is 0 Å². The van der Waals surface area contributed by atoms with Crippen molar-refractivity contribution in [3.05, 3.63) is 29.3 Å². The van der Waals surface area contributed by atoms with Crippen molar-refractivity contribution in [1.82, 2.24) is 10.6 Å². The van der Waals surface area contributed by atoms with Crippen molar-refractivity contribution in [2.24, 2.45) is 10.9 Å². The van der Waals surface area contributed by atoms with Crippen LogP contribution in [0.2, 0.25) is 0 Å². The highest BCUT2D eigenvalue weighted by molar-refractivity contribution is 14.0. The number of nitrogens with zero attached hydrogens (tertiary/aromatic N) is 1. The smallest absolute Gasteiger partial charge is 0.191 e. The number of nitrogens with one attached hydrogen (secondary N) is 2. The van der Waals surface area contributed by atoms with E-state index < -0.39 is 9.84 Å². The molecule has 0 bridgehead atoms. The van der Waals surface area contributed by atoms with Gasteiger partial charge in [0.25, 0.3) is 0 Å². The van der Waals surface area contributed by atoms with Gasteiger partial charge in [0.05, 0.1) is 11.4 Å². The summed E-state index contributed by atoms with van der Waals surface area (Å²) in [5.41, 5.74) is 1.78. The lowest BCUT2D eigenvalue weighted by Crippen LogP contribution is -2.37. The Balaban J connectivity index is 0.00000364. The number of hydrogen-bond acceptors (Lipinski definition) is 3. The Morgan fingerprint density at radius 2 is 1.93 bits per heavy atom. The lowest BCUT2D eigenvalue weighted by atomic mass is 10.0. The Hall–Kier alpha value is -0.830. The molecule has 1 fully saturated rings. The molecule has 0 atom stereocenters. The van der Waals surface area contributed by atoms with Crippen molar-refractivity contribution in [1.29, 1.82) is 0 Å². The van der Waals surface area contributed by atoms with Crippen LogP contribution >= 0.6 is 24.0 Å². The van der Waals surface area contributed by atoms with E-state index in [1.807, 2.05) is 19.1 Å². The first kappa shape index (κ1) is 24.2. The highest BCUT2D eigenvalue weighted by atomic mass is 127. The molecule has 0 saturated heterocycles.